The van der Waals surface area contributed by atoms with Gasteiger partial charge in [-0.15, -0.1) is 0 Å². The topological polar surface area (TPSA) is 76.0 Å². The standard InChI is InChI=1S/C20H26N4O2/c1-12(2)11-24-14(4)17(13(3)23-24)7-8-19(25)22-16-6-5-15-10-21-20(26)18(15)9-16/h5-6,9,12H,7-8,10-11H2,1-4H3,(H,21,26)(H,22,25). The zero-order chi connectivity index (χ0) is 18.8. The normalized spacial score (nSPS) is 13.0. The van der Waals surface area contributed by atoms with Crippen LogP contribution in [0.4, 0.5) is 5.69 Å². The second-order valence-corrected chi connectivity index (χ2v) is 7.33. The van der Waals surface area contributed by atoms with Crippen LogP contribution < -0.4 is 10.6 Å². The van der Waals surface area contributed by atoms with Crippen LogP contribution in [0.2, 0.25) is 0 Å². The zero-order valence-electron chi connectivity index (χ0n) is 15.8. The lowest BCUT2D eigenvalue weighted by Gasteiger charge is -2.09. The lowest BCUT2D eigenvalue weighted by atomic mass is 10.1. The molecule has 2 heterocycles. The summed E-state index contributed by atoms with van der Waals surface area (Å²) in [5.41, 5.74) is 5.55. The third kappa shape index (κ3) is 3.79. The molecular weight excluding hydrogens is 328 g/mol. The van der Waals surface area contributed by atoms with Crippen LogP contribution in [0.1, 0.15) is 53.1 Å². The van der Waals surface area contributed by atoms with E-state index in [4.69, 9.17) is 0 Å². The number of rotatable bonds is 6. The van der Waals surface area contributed by atoms with E-state index in [0.717, 1.165) is 29.1 Å². The summed E-state index contributed by atoms with van der Waals surface area (Å²) in [6.07, 6.45) is 1.05. The molecule has 0 saturated carbocycles. The van der Waals surface area contributed by atoms with Crippen LogP contribution in [0, 0.1) is 19.8 Å². The summed E-state index contributed by atoms with van der Waals surface area (Å²) in [5, 5.41) is 10.3. The number of carbonyl (C=O) groups is 2. The minimum Gasteiger partial charge on any atom is -0.348 e. The molecule has 2 aromatic rings. The van der Waals surface area contributed by atoms with E-state index in [-0.39, 0.29) is 11.8 Å². The van der Waals surface area contributed by atoms with Crippen molar-refractivity contribution in [3.05, 3.63) is 46.3 Å². The highest BCUT2D eigenvalue weighted by atomic mass is 16.2. The number of fused-ring (bicyclic) bond motifs is 1. The Bertz CT molecular complexity index is 852. The van der Waals surface area contributed by atoms with Crippen LogP contribution in [-0.4, -0.2) is 21.6 Å². The Morgan fingerprint density at radius 1 is 1.35 bits per heavy atom. The predicted molar refractivity (Wildman–Crippen MR) is 101 cm³/mol. The molecule has 2 amide bonds. The number of nitrogens with one attached hydrogen (secondary N) is 2. The first-order valence-corrected chi connectivity index (χ1v) is 9.09. The summed E-state index contributed by atoms with van der Waals surface area (Å²) in [7, 11) is 0. The van der Waals surface area contributed by atoms with Crippen molar-refractivity contribution in [1.82, 2.24) is 15.1 Å². The van der Waals surface area contributed by atoms with E-state index in [2.05, 4.69) is 36.5 Å². The van der Waals surface area contributed by atoms with Crippen LogP contribution in [-0.2, 0) is 24.3 Å². The maximum atomic E-state index is 12.3. The number of amides is 2. The summed E-state index contributed by atoms with van der Waals surface area (Å²) in [6.45, 7) is 9.84. The van der Waals surface area contributed by atoms with Gasteiger partial charge in [0.25, 0.3) is 5.91 Å². The second-order valence-electron chi connectivity index (χ2n) is 7.33. The Morgan fingerprint density at radius 2 is 2.12 bits per heavy atom. The molecule has 0 saturated heterocycles. The number of benzene rings is 1. The molecule has 26 heavy (non-hydrogen) atoms. The molecule has 0 spiro atoms. The van der Waals surface area contributed by atoms with Gasteiger partial charge in [0.05, 0.1) is 5.69 Å². The van der Waals surface area contributed by atoms with Crippen molar-refractivity contribution in [3.63, 3.8) is 0 Å². The molecule has 0 radical (unpaired) electrons. The van der Waals surface area contributed by atoms with Crippen LogP contribution in [0.3, 0.4) is 0 Å². The SMILES string of the molecule is Cc1nn(CC(C)C)c(C)c1CCC(=O)Nc1ccc2c(c1)C(=O)NC2. The number of carbonyl (C=O) groups excluding carboxylic acids is 2. The number of aromatic nitrogens is 2. The minimum atomic E-state index is -0.0834. The Morgan fingerprint density at radius 3 is 2.85 bits per heavy atom. The molecule has 1 aromatic carbocycles. The first-order chi connectivity index (χ1) is 12.3. The lowest BCUT2D eigenvalue weighted by Crippen LogP contribution is -2.14. The monoisotopic (exact) mass is 354 g/mol. The third-order valence-corrected chi connectivity index (χ3v) is 4.75. The molecule has 2 N–H and O–H groups in total. The molecule has 3 rings (SSSR count). The first-order valence-electron chi connectivity index (χ1n) is 9.09. The van der Waals surface area contributed by atoms with Crippen molar-refractivity contribution in [1.29, 1.82) is 0 Å². The van der Waals surface area contributed by atoms with Crippen LogP contribution in [0.25, 0.3) is 0 Å². The van der Waals surface area contributed by atoms with Gasteiger partial charge in [0.15, 0.2) is 0 Å². The van der Waals surface area contributed by atoms with Gasteiger partial charge in [0, 0.05) is 36.5 Å². The smallest absolute Gasteiger partial charge is 0.251 e. The average Bonchev–Trinajstić information content (AvgIpc) is 3.06. The highest BCUT2D eigenvalue weighted by Crippen LogP contribution is 2.21. The Hall–Kier alpha value is -2.63. The van der Waals surface area contributed by atoms with Gasteiger partial charge in [0.2, 0.25) is 5.91 Å². The van der Waals surface area contributed by atoms with E-state index >= 15 is 0 Å². The van der Waals surface area contributed by atoms with Crippen molar-refractivity contribution < 1.29 is 9.59 Å². The van der Waals surface area contributed by atoms with Gasteiger partial charge >= 0.3 is 0 Å². The fraction of sp³-hybridized carbons (Fsp3) is 0.450. The largest absolute Gasteiger partial charge is 0.348 e. The van der Waals surface area contributed by atoms with Crippen molar-refractivity contribution in [2.24, 2.45) is 5.92 Å². The Kier molecular flexibility index (Phi) is 5.11. The maximum absolute atomic E-state index is 12.3. The quantitative estimate of drug-likeness (QED) is 0.837. The Labute approximate surface area is 154 Å². The van der Waals surface area contributed by atoms with E-state index in [1.54, 1.807) is 6.07 Å². The lowest BCUT2D eigenvalue weighted by molar-refractivity contribution is -0.116. The molecule has 0 atom stereocenters. The van der Waals surface area contributed by atoms with E-state index in [1.807, 2.05) is 23.7 Å². The highest BCUT2D eigenvalue weighted by Gasteiger charge is 2.19. The molecule has 1 aliphatic rings. The van der Waals surface area contributed by atoms with Crippen molar-refractivity contribution >= 4 is 17.5 Å². The van der Waals surface area contributed by atoms with E-state index in [9.17, 15) is 9.59 Å². The molecular formula is C20H26N4O2. The van der Waals surface area contributed by atoms with Gasteiger partial charge in [0.1, 0.15) is 0 Å². The molecule has 1 aromatic heterocycles. The van der Waals surface area contributed by atoms with Gasteiger partial charge in [-0.25, -0.2) is 0 Å². The summed E-state index contributed by atoms with van der Waals surface area (Å²) in [4.78, 5) is 24.1. The van der Waals surface area contributed by atoms with Crippen molar-refractivity contribution in [2.75, 3.05) is 5.32 Å². The zero-order valence-corrected chi connectivity index (χ0v) is 15.8. The predicted octanol–water partition coefficient (Wildman–Crippen LogP) is 2.97. The molecule has 6 heteroatoms. The van der Waals surface area contributed by atoms with Gasteiger partial charge in [-0.05, 0) is 49.4 Å². The van der Waals surface area contributed by atoms with Gasteiger partial charge < -0.3 is 10.6 Å². The van der Waals surface area contributed by atoms with Gasteiger partial charge in [-0.3, -0.25) is 14.3 Å². The number of anilines is 1. The molecule has 6 nitrogen and oxygen atoms in total. The van der Waals surface area contributed by atoms with Crippen LogP contribution in [0.5, 0.6) is 0 Å². The van der Waals surface area contributed by atoms with E-state index in [0.29, 0.717) is 36.6 Å². The fourth-order valence-corrected chi connectivity index (χ4v) is 3.37. The van der Waals surface area contributed by atoms with Gasteiger partial charge in [-0.2, -0.15) is 5.10 Å². The summed E-state index contributed by atoms with van der Waals surface area (Å²) in [5.74, 6) is 0.389. The highest BCUT2D eigenvalue weighted by molar-refractivity contribution is 6.00. The summed E-state index contributed by atoms with van der Waals surface area (Å²) in [6, 6.07) is 5.47. The van der Waals surface area contributed by atoms with Crippen molar-refractivity contribution in [2.45, 2.75) is 53.6 Å². The summed E-state index contributed by atoms with van der Waals surface area (Å²) < 4.78 is 2.03. The van der Waals surface area contributed by atoms with Gasteiger partial charge in [-0.1, -0.05) is 19.9 Å². The first kappa shape index (κ1) is 18.2. The Balaban J connectivity index is 1.62. The molecule has 0 aliphatic carbocycles. The molecule has 0 bridgehead atoms. The van der Waals surface area contributed by atoms with E-state index < -0.39 is 0 Å². The van der Waals surface area contributed by atoms with Crippen molar-refractivity contribution in [3.8, 4) is 0 Å². The number of hydrogen-bond donors (Lipinski definition) is 2. The second kappa shape index (κ2) is 7.32. The fourth-order valence-electron chi connectivity index (χ4n) is 3.37. The average molecular weight is 354 g/mol. The number of nitrogens with zero attached hydrogens (tertiary/aromatic N) is 2. The summed E-state index contributed by atoms with van der Waals surface area (Å²) >= 11 is 0. The van der Waals surface area contributed by atoms with E-state index in [1.165, 1.54) is 0 Å². The minimum absolute atomic E-state index is 0.0567. The maximum Gasteiger partial charge on any atom is 0.251 e. The number of aryl methyl sites for hydroxylation is 1. The molecule has 1 aliphatic heterocycles. The number of hydrogen-bond acceptors (Lipinski definition) is 3. The molecule has 0 fully saturated rings. The molecule has 138 valence electrons. The van der Waals surface area contributed by atoms with Crippen LogP contribution >= 0.6 is 0 Å². The van der Waals surface area contributed by atoms with Crippen LogP contribution in [0.15, 0.2) is 18.2 Å². The third-order valence-electron chi connectivity index (χ3n) is 4.75. The molecule has 0 unspecified atom stereocenters.